The molecule has 1 unspecified atom stereocenters. The van der Waals surface area contributed by atoms with E-state index in [0.717, 1.165) is 63.7 Å². The summed E-state index contributed by atoms with van der Waals surface area (Å²) in [6.07, 6.45) is 5.95. The molecule has 2 N–H and O–H groups in total. The van der Waals surface area contributed by atoms with Crippen molar-refractivity contribution in [2.45, 2.75) is 37.7 Å². The Morgan fingerprint density at radius 3 is 2.85 bits per heavy atom. The summed E-state index contributed by atoms with van der Waals surface area (Å²) in [5.41, 5.74) is 0. The highest BCUT2D eigenvalue weighted by atomic mass is 16.5. The molecule has 2 fully saturated rings. The van der Waals surface area contributed by atoms with Crippen LogP contribution in [0.4, 0.5) is 0 Å². The van der Waals surface area contributed by atoms with Gasteiger partial charge in [-0.3, -0.25) is 9.89 Å². The number of hydrogen-bond acceptors (Lipinski definition) is 5. The van der Waals surface area contributed by atoms with E-state index >= 15 is 0 Å². The standard InChI is InChI=1S/C17H29N7O2/c1-23(2)15(25)11-19-17(18-10-14-4-3-9-26-14)24-7-5-13(6-8-24)16-20-12-21-22-16/h12-14H,3-11H2,1-2H3,(H,18,19)(H,20,21,22). The summed E-state index contributed by atoms with van der Waals surface area (Å²) in [7, 11) is 3.50. The summed E-state index contributed by atoms with van der Waals surface area (Å²) in [6, 6.07) is 0. The van der Waals surface area contributed by atoms with Crippen LogP contribution in [0.5, 0.6) is 0 Å². The zero-order chi connectivity index (χ0) is 18.4. The van der Waals surface area contributed by atoms with E-state index in [2.05, 4.69) is 30.4 Å². The quantitative estimate of drug-likeness (QED) is 0.573. The highest BCUT2D eigenvalue weighted by molar-refractivity contribution is 5.85. The maximum absolute atomic E-state index is 11.9. The lowest BCUT2D eigenvalue weighted by atomic mass is 9.96. The molecule has 2 aliphatic heterocycles. The van der Waals surface area contributed by atoms with Crippen molar-refractivity contribution in [3.63, 3.8) is 0 Å². The number of aromatic amines is 1. The number of rotatable bonds is 5. The summed E-state index contributed by atoms with van der Waals surface area (Å²) >= 11 is 0. The minimum absolute atomic E-state index is 0.00189. The number of amides is 1. The molecular weight excluding hydrogens is 334 g/mol. The summed E-state index contributed by atoms with van der Waals surface area (Å²) in [5.74, 6) is 2.15. The molecule has 1 aromatic heterocycles. The minimum Gasteiger partial charge on any atom is -0.376 e. The molecule has 0 aromatic carbocycles. The molecular formula is C17H29N7O2. The van der Waals surface area contributed by atoms with E-state index in [4.69, 9.17) is 4.74 Å². The minimum atomic E-state index is -0.00189. The van der Waals surface area contributed by atoms with E-state index in [1.807, 2.05) is 0 Å². The van der Waals surface area contributed by atoms with Gasteiger partial charge in [-0.1, -0.05) is 0 Å². The number of nitrogens with one attached hydrogen (secondary N) is 2. The molecule has 2 aliphatic rings. The molecule has 3 heterocycles. The number of aliphatic imine (C=N–C) groups is 1. The normalized spacial score (nSPS) is 21.8. The first-order valence-electron chi connectivity index (χ1n) is 9.33. The van der Waals surface area contributed by atoms with Crippen molar-refractivity contribution in [1.29, 1.82) is 0 Å². The van der Waals surface area contributed by atoms with E-state index in [9.17, 15) is 4.79 Å². The van der Waals surface area contributed by atoms with Gasteiger partial charge >= 0.3 is 0 Å². The van der Waals surface area contributed by atoms with Crippen LogP contribution in [0.2, 0.25) is 0 Å². The van der Waals surface area contributed by atoms with Crippen LogP contribution in [0.3, 0.4) is 0 Å². The number of nitrogens with zero attached hydrogens (tertiary/aromatic N) is 5. The number of piperidine rings is 1. The largest absolute Gasteiger partial charge is 0.376 e. The lowest BCUT2D eigenvalue weighted by Crippen LogP contribution is -2.47. The van der Waals surface area contributed by atoms with Gasteiger partial charge in [-0.05, 0) is 25.7 Å². The van der Waals surface area contributed by atoms with Crippen LogP contribution in [0.15, 0.2) is 11.3 Å². The van der Waals surface area contributed by atoms with E-state index in [-0.39, 0.29) is 18.6 Å². The highest BCUT2D eigenvalue weighted by Gasteiger charge is 2.25. The van der Waals surface area contributed by atoms with Crippen LogP contribution >= 0.6 is 0 Å². The van der Waals surface area contributed by atoms with Crippen LogP contribution in [0.25, 0.3) is 0 Å². The summed E-state index contributed by atoms with van der Waals surface area (Å²) < 4.78 is 5.69. The molecule has 0 spiro atoms. The van der Waals surface area contributed by atoms with Gasteiger partial charge in [0.15, 0.2) is 5.96 Å². The van der Waals surface area contributed by atoms with E-state index in [0.29, 0.717) is 5.92 Å². The SMILES string of the molecule is CN(C)C(=O)CN=C(NCC1CCCO1)N1CCC(c2ncn[nH]2)CC1. The second-order valence-corrected chi connectivity index (χ2v) is 7.08. The molecule has 0 saturated carbocycles. The number of hydrogen-bond donors (Lipinski definition) is 2. The summed E-state index contributed by atoms with van der Waals surface area (Å²) in [6.45, 7) is 3.47. The second-order valence-electron chi connectivity index (χ2n) is 7.08. The Morgan fingerprint density at radius 1 is 1.42 bits per heavy atom. The second kappa shape index (κ2) is 8.98. The van der Waals surface area contributed by atoms with Crippen molar-refractivity contribution in [2.24, 2.45) is 4.99 Å². The molecule has 9 nitrogen and oxygen atoms in total. The number of likely N-dealkylation sites (tertiary alicyclic amines) is 1. The lowest BCUT2D eigenvalue weighted by molar-refractivity contribution is -0.127. The Labute approximate surface area is 154 Å². The van der Waals surface area contributed by atoms with E-state index in [1.165, 1.54) is 0 Å². The smallest absolute Gasteiger partial charge is 0.243 e. The summed E-state index contributed by atoms with van der Waals surface area (Å²) in [5, 5.41) is 10.3. The molecule has 26 heavy (non-hydrogen) atoms. The van der Waals surface area contributed by atoms with Crippen molar-refractivity contribution in [1.82, 2.24) is 30.3 Å². The van der Waals surface area contributed by atoms with Gasteiger partial charge in [0.2, 0.25) is 5.91 Å². The topological polar surface area (TPSA) is 98.7 Å². The van der Waals surface area contributed by atoms with Crippen LogP contribution in [-0.2, 0) is 9.53 Å². The van der Waals surface area contributed by atoms with Gasteiger partial charge in [-0.25, -0.2) is 9.98 Å². The third kappa shape index (κ3) is 4.94. The van der Waals surface area contributed by atoms with Crippen molar-refractivity contribution >= 4 is 11.9 Å². The monoisotopic (exact) mass is 363 g/mol. The number of ether oxygens (including phenoxy) is 1. The number of aromatic nitrogens is 3. The molecule has 2 saturated heterocycles. The van der Waals surface area contributed by atoms with Gasteiger partial charge in [0, 0.05) is 46.3 Å². The fraction of sp³-hybridized carbons (Fsp3) is 0.765. The van der Waals surface area contributed by atoms with Gasteiger partial charge in [0.25, 0.3) is 0 Å². The molecule has 1 aromatic rings. The lowest BCUT2D eigenvalue weighted by Gasteiger charge is -2.34. The predicted molar refractivity (Wildman–Crippen MR) is 97.9 cm³/mol. The number of carbonyl (C=O) groups excluding carboxylic acids is 1. The molecule has 9 heteroatoms. The third-order valence-corrected chi connectivity index (χ3v) is 4.99. The Balaban J connectivity index is 1.58. The predicted octanol–water partition coefficient (Wildman–Crippen LogP) is 0.197. The highest BCUT2D eigenvalue weighted by Crippen LogP contribution is 2.25. The maximum atomic E-state index is 11.9. The van der Waals surface area contributed by atoms with Gasteiger partial charge < -0.3 is 19.9 Å². The zero-order valence-corrected chi connectivity index (χ0v) is 15.6. The van der Waals surface area contributed by atoms with Gasteiger partial charge in [-0.15, -0.1) is 0 Å². The van der Waals surface area contributed by atoms with Crippen LogP contribution < -0.4 is 5.32 Å². The number of guanidine groups is 1. The molecule has 0 bridgehead atoms. The first-order chi connectivity index (χ1) is 12.6. The first kappa shape index (κ1) is 18.6. The Bertz CT molecular complexity index is 588. The van der Waals surface area contributed by atoms with Crippen LogP contribution in [-0.4, -0.2) is 89.8 Å². The Hall–Kier alpha value is -2.16. The Kier molecular flexibility index (Phi) is 6.43. The average molecular weight is 363 g/mol. The van der Waals surface area contributed by atoms with Crippen molar-refractivity contribution in [2.75, 3.05) is 46.9 Å². The van der Waals surface area contributed by atoms with Gasteiger partial charge in [-0.2, -0.15) is 5.10 Å². The van der Waals surface area contributed by atoms with E-state index < -0.39 is 0 Å². The molecule has 0 radical (unpaired) electrons. The molecule has 144 valence electrons. The zero-order valence-electron chi connectivity index (χ0n) is 15.6. The van der Waals surface area contributed by atoms with Gasteiger partial charge in [0.1, 0.15) is 18.7 Å². The van der Waals surface area contributed by atoms with Crippen molar-refractivity contribution < 1.29 is 9.53 Å². The summed E-state index contributed by atoms with van der Waals surface area (Å²) in [4.78, 5) is 24.6. The van der Waals surface area contributed by atoms with Crippen LogP contribution in [0.1, 0.15) is 37.4 Å². The average Bonchev–Trinajstić information content (AvgIpc) is 3.35. The fourth-order valence-electron chi connectivity index (χ4n) is 3.34. The molecule has 1 amide bonds. The van der Waals surface area contributed by atoms with Crippen molar-refractivity contribution in [3.05, 3.63) is 12.2 Å². The molecule has 1 atom stereocenters. The number of likely N-dealkylation sites (N-methyl/N-ethyl adjacent to an activating group) is 1. The fourth-order valence-corrected chi connectivity index (χ4v) is 3.34. The van der Waals surface area contributed by atoms with E-state index in [1.54, 1.807) is 25.3 Å². The third-order valence-electron chi connectivity index (χ3n) is 4.99. The number of carbonyl (C=O) groups is 1. The van der Waals surface area contributed by atoms with Gasteiger partial charge in [0.05, 0.1) is 6.10 Å². The first-order valence-corrected chi connectivity index (χ1v) is 9.33. The number of H-pyrrole nitrogens is 1. The van der Waals surface area contributed by atoms with Crippen LogP contribution in [0, 0.1) is 0 Å². The molecule has 3 rings (SSSR count). The maximum Gasteiger partial charge on any atom is 0.243 e. The molecule has 0 aliphatic carbocycles. The Morgan fingerprint density at radius 2 is 2.23 bits per heavy atom. The van der Waals surface area contributed by atoms with Crippen molar-refractivity contribution in [3.8, 4) is 0 Å².